The van der Waals surface area contributed by atoms with Gasteiger partial charge in [0, 0.05) is 10.0 Å². The van der Waals surface area contributed by atoms with E-state index in [4.69, 9.17) is 9.47 Å². The lowest BCUT2D eigenvalue weighted by atomic mass is 10.0. The Labute approximate surface area is 172 Å². The van der Waals surface area contributed by atoms with Crippen LogP contribution in [0.1, 0.15) is 18.1 Å². The molecule has 3 rings (SSSR count). The Morgan fingerprint density at radius 2 is 1.96 bits per heavy atom. The first-order valence-corrected chi connectivity index (χ1v) is 9.73. The number of halogens is 1. The van der Waals surface area contributed by atoms with Gasteiger partial charge in [-0.3, -0.25) is 4.79 Å². The highest BCUT2D eigenvalue weighted by Gasteiger charge is 2.07. The molecule has 5 nitrogen and oxygen atoms in total. The van der Waals surface area contributed by atoms with Crippen LogP contribution in [0.4, 0.5) is 0 Å². The van der Waals surface area contributed by atoms with E-state index in [1.54, 1.807) is 12.3 Å². The van der Waals surface area contributed by atoms with E-state index in [1.807, 2.05) is 62.4 Å². The van der Waals surface area contributed by atoms with Crippen LogP contribution in [0.15, 0.2) is 64.2 Å². The molecule has 0 heterocycles. The van der Waals surface area contributed by atoms with Crippen LogP contribution in [0, 0.1) is 6.92 Å². The smallest absolute Gasteiger partial charge is 0.277 e. The summed E-state index contributed by atoms with van der Waals surface area (Å²) in [6.07, 6.45) is 1.61. The fourth-order valence-corrected chi connectivity index (χ4v) is 2.99. The maximum atomic E-state index is 12.0. The monoisotopic (exact) mass is 440 g/mol. The summed E-state index contributed by atoms with van der Waals surface area (Å²) >= 11 is 3.44. The summed E-state index contributed by atoms with van der Waals surface area (Å²) < 4.78 is 12.2. The number of hydrogen-bond donors (Lipinski definition) is 1. The number of ether oxygens (including phenoxy) is 2. The molecule has 3 aromatic carbocycles. The lowest BCUT2D eigenvalue weighted by Gasteiger charge is -2.10. The Hall–Kier alpha value is -2.86. The van der Waals surface area contributed by atoms with Gasteiger partial charge in [-0.1, -0.05) is 46.3 Å². The van der Waals surface area contributed by atoms with Gasteiger partial charge >= 0.3 is 0 Å². The van der Waals surface area contributed by atoms with Crippen LogP contribution in [0.25, 0.3) is 10.8 Å². The highest BCUT2D eigenvalue weighted by atomic mass is 79.9. The van der Waals surface area contributed by atoms with Crippen molar-refractivity contribution in [3.8, 4) is 11.5 Å². The molecule has 0 aliphatic carbocycles. The Balaban J connectivity index is 1.67. The second-order valence-electron chi connectivity index (χ2n) is 6.12. The second-order valence-corrected chi connectivity index (χ2v) is 6.98. The first-order valence-electron chi connectivity index (χ1n) is 8.94. The van der Waals surface area contributed by atoms with Gasteiger partial charge in [-0.25, -0.2) is 5.43 Å². The summed E-state index contributed by atoms with van der Waals surface area (Å²) in [4.78, 5) is 12.0. The molecule has 1 N–H and O–H groups in total. The van der Waals surface area contributed by atoms with Gasteiger partial charge in [0.2, 0.25) is 0 Å². The predicted molar refractivity (Wildman–Crippen MR) is 115 cm³/mol. The topological polar surface area (TPSA) is 59.9 Å². The molecule has 144 valence electrons. The van der Waals surface area contributed by atoms with E-state index < -0.39 is 0 Å². The average molecular weight is 441 g/mol. The Kier molecular flexibility index (Phi) is 6.66. The third-order valence-corrected chi connectivity index (χ3v) is 5.00. The molecule has 3 aromatic rings. The van der Waals surface area contributed by atoms with E-state index in [9.17, 15) is 4.79 Å². The molecular weight excluding hydrogens is 420 g/mol. The summed E-state index contributed by atoms with van der Waals surface area (Å²) in [6.45, 7) is 4.32. The molecule has 0 saturated heterocycles. The van der Waals surface area contributed by atoms with E-state index in [0.29, 0.717) is 12.4 Å². The third kappa shape index (κ3) is 4.89. The van der Waals surface area contributed by atoms with Crippen molar-refractivity contribution in [1.29, 1.82) is 0 Å². The lowest BCUT2D eigenvalue weighted by Crippen LogP contribution is -2.24. The van der Waals surface area contributed by atoms with Gasteiger partial charge in [-0.15, -0.1) is 0 Å². The first-order chi connectivity index (χ1) is 13.6. The van der Waals surface area contributed by atoms with Gasteiger partial charge < -0.3 is 9.47 Å². The largest absolute Gasteiger partial charge is 0.493 e. The number of fused-ring (bicyclic) bond motifs is 1. The number of amides is 1. The molecule has 0 saturated carbocycles. The Morgan fingerprint density at radius 3 is 2.75 bits per heavy atom. The maximum Gasteiger partial charge on any atom is 0.277 e. The van der Waals surface area contributed by atoms with Gasteiger partial charge in [-0.05, 0) is 54.4 Å². The molecule has 0 spiro atoms. The van der Waals surface area contributed by atoms with Gasteiger partial charge in [0.15, 0.2) is 6.61 Å². The van der Waals surface area contributed by atoms with E-state index in [-0.39, 0.29) is 12.5 Å². The minimum atomic E-state index is -0.338. The van der Waals surface area contributed by atoms with Crippen molar-refractivity contribution in [3.05, 3.63) is 70.2 Å². The number of hydrogen-bond acceptors (Lipinski definition) is 4. The van der Waals surface area contributed by atoms with Gasteiger partial charge in [0.25, 0.3) is 5.91 Å². The number of carbonyl (C=O) groups excluding carboxylic acids is 1. The first kappa shape index (κ1) is 19.9. The molecular formula is C22H21BrN2O3. The quantitative estimate of drug-likeness (QED) is 0.422. The van der Waals surface area contributed by atoms with Crippen molar-refractivity contribution < 1.29 is 14.3 Å². The van der Waals surface area contributed by atoms with Crippen LogP contribution in [-0.2, 0) is 4.79 Å². The predicted octanol–water partition coefficient (Wildman–Crippen LogP) is 4.84. The maximum absolute atomic E-state index is 12.0. The van der Waals surface area contributed by atoms with Crippen molar-refractivity contribution in [2.75, 3.05) is 13.2 Å². The fraction of sp³-hybridized carbons (Fsp3) is 0.182. The number of benzene rings is 3. The van der Waals surface area contributed by atoms with Gasteiger partial charge in [0.1, 0.15) is 11.5 Å². The van der Waals surface area contributed by atoms with E-state index >= 15 is 0 Å². The molecule has 0 bridgehead atoms. The highest BCUT2D eigenvalue weighted by Crippen LogP contribution is 2.26. The molecule has 0 radical (unpaired) electrons. The second kappa shape index (κ2) is 9.37. The average Bonchev–Trinajstić information content (AvgIpc) is 2.70. The van der Waals surface area contributed by atoms with Crippen molar-refractivity contribution in [2.24, 2.45) is 5.10 Å². The van der Waals surface area contributed by atoms with Crippen molar-refractivity contribution in [3.63, 3.8) is 0 Å². The number of hydrazone groups is 1. The highest BCUT2D eigenvalue weighted by molar-refractivity contribution is 9.10. The SMILES string of the molecule is CCOc1ccc2ccccc2c1/C=N/NC(=O)COc1ccc(Br)c(C)c1. The van der Waals surface area contributed by atoms with Crippen molar-refractivity contribution in [2.45, 2.75) is 13.8 Å². The van der Waals surface area contributed by atoms with Gasteiger partial charge in [-0.2, -0.15) is 5.10 Å². The number of aryl methyl sites for hydroxylation is 1. The Bertz CT molecular complexity index is 1020. The van der Waals surface area contributed by atoms with E-state index in [0.717, 1.165) is 32.1 Å². The van der Waals surface area contributed by atoms with Crippen molar-refractivity contribution >= 4 is 38.8 Å². The summed E-state index contributed by atoms with van der Waals surface area (Å²) in [6, 6.07) is 17.4. The molecule has 6 heteroatoms. The summed E-state index contributed by atoms with van der Waals surface area (Å²) in [5.41, 5.74) is 4.36. The standard InChI is InChI=1S/C22H21BrN2O3/c1-3-27-21-11-8-16-6-4-5-7-18(16)19(21)13-24-25-22(26)14-28-17-9-10-20(23)15(2)12-17/h4-13H,3,14H2,1-2H3,(H,25,26)/b24-13+. The van der Waals surface area contributed by atoms with Crippen LogP contribution in [0.3, 0.4) is 0 Å². The van der Waals surface area contributed by atoms with Crippen LogP contribution in [0.2, 0.25) is 0 Å². The van der Waals surface area contributed by atoms with Crippen molar-refractivity contribution in [1.82, 2.24) is 5.43 Å². The molecule has 1 amide bonds. The summed E-state index contributed by atoms with van der Waals surface area (Å²) in [7, 11) is 0. The number of nitrogens with zero attached hydrogens (tertiary/aromatic N) is 1. The fourth-order valence-electron chi connectivity index (χ4n) is 2.75. The molecule has 0 aliphatic heterocycles. The molecule has 28 heavy (non-hydrogen) atoms. The van der Waals surface area contributed by atoms with Crippen LogP contribution in [-0.4, -0.2) is 25.3 Å². The summed E-state index contributed by atoms with van der Waals surface area (Å²) in [5, 5.41) is 6.17. The number of rotatable bonds is 7. The lowest BCUT2D eigenvalue weighted by molar-refractivity contribution is -0.123. The minimum Gasteiger partial charge on any atom is -0.493 e. The zero-order valence-electron chi connectivity index (χ0n) is 15.7. The molecule has 0 unspecified atom stereocenters. The van der Waals surface area contributed by atoms with Crippen LogP contribution < -0.4 is 14.9 Å². The van der Waals surface area contributed by atoms with Crippen LogP contribution >= 0.6 is 15.9 Å². The van der Waals surface area contributed by atoms with E-state index in [2.05, 4.69) is 26.5 Å². The third-order valence-electron chi connectivity index (χ3n) is 4.11. The Morgan fingerprint density at radius 1 is 1.14 bits per heavy atom. The zero-order chi connectivity index (χ0) is 19.9. The molecule has 0 fully saturated rings. The van der Waals surface area contributed by atoms with E-state index in [1.165, 1.54) is 0 Å². The zero-order valence-corrected chi connectivity index (χ0v) is 17.3. The molecule has 0 aromatic heterocycles. The number of carbonyl (C=O) groups is 1. The summed E-state index contributed by atoms with van der Waals surface area (Å²) in [5.74, 6) is 1.02. The minimum absolute atomic E-state index is 0.119. The normalized spacial score (nSPS) is 11.0. The number of nitrogens with one attached hydrogen (secondary N) is 1. The van der Waals surface area contributed by atoms with Gasteiger partial charge in [0.05, 0.1) is 12.8 Å². The molecule has 0 aliphatic rings. The van der Waals surface area contributed by atoms with Crippen LogP contribution in [0.5, 0.6) is 11.5 Å². The molecule has 0 atom stereocenters.